The third-order valence-corrected chi connectivity index (χ3v) is 12.1. The maximum Gasteiger partial charge on any atom is 0.414 e. The number of nitrogens with one attached hydrogen (secondary N) is 3. The average molecular weight is 910 g/mol. The average Bonchev–Trinajstić information content (AvgIpc) is 3.54. The second kappa shape index (κ2) is 21.6. The van der Waals surface area contributed by atoms with E-state index in [2.05, 4.69) is 79.0 Å². The molecule has 1 fully saturated rings. The molecule has 0 saturated carbocycles. The molecule has 0 bridgehead atoms. The molecule has 6 atom stereocenters. The summed E-state index contributed by atoms with van der Waals surface area (Å²) in [6.07, 6.45) is 11.7. The van der Waals surface area contributed by atoms with Crippen LogP contribution in [-0.2, 0) is 25.5 Å². The number of alkyl halides is 1. The lowest BCUT2D eigenvalue weighted by atomic mass is 9.89. The predicted octanol–water partition coefficient (Wildman–Crippen LogP) is 8.06. The minimum Gasteiger partial charge on any atom is -0.497 e. The van der Waals surface area contributed by atoms with Crippen LogP contribution in [0.25, 0.3) is 0 Å². The first-order valence-electron chi connectivity index (χ1n) is 21.2. The first kappa shape index (κ1) is 46.4. The number of rotatable bonds is 17. The molecular formula is C43H70IN6O7+. The van der Waals surface area contributed by atoms with Gasteiger partial charge in [0.25, 0.3) is 0 Å². The fourth-order valence-electron chi connectivity index (χ4n) is 8.04. The van der Waals surface area contributed by atoms with Crippen LogP contribution >= 0.6 is 22.6 Å². The van der Waals surface area contributed by atoms with E-state index in [1.165, 1.54) is 50.5 Å². The van der Waals surface area contributed by atoms with Crippen molar-refractivity contribution in [1.82, 2.24) is 20.9 Å². The number of carbonyl (C=O) groups is 3. The molecule has 1 unspecified atom stereocenters. The summed E-state index contributed by atoms with van der Waals surface area (Å²) >= 11 is 2.72. The quantitative estimate of drug-likeness (QED) is 0.0207. The molecule has 3 aliphatic rings. The lowest BCUT2D eigenvalue weighted by molar-refractivity contribution is -0.603. The van der Waals surface area contributed by atoms with Gasteiger partial charge < -0.3 is 18.9 Å². The lowest BCUT2D eigenvalue weighted by Crippen LogP contribution is -2.68. The molecule has 3 aliphatic heterocycles. The van der Waals surface area contributed by atoms with Gasteiger partial charge >= 0.3 is 24.1 Å². The maximum atomic E-state index is 13.8. The van der Waals surface area contributed by atoms with Crippen molar-refractivity contribution >= 4 is 52.7 Å². The standard InChI is InChI=1S/C43H69IN6O7/c1-10-11-12-13-14-15-18-33(44)35-27-31-21-24-34-36(29(2)46-39(50(31)34)49(35)28-30-19-22-32(54-9)23-20-30)37(51)55-26-17-16-25-45-38(47-40(52)56-42(3,4)5)48-41(53)57-43(6,7)8/h19-20,22-23,29,31,33-36H,10-18,21,24-28H2,1-9H3,(H2,45,47,48,52,53)/p+1/t29-,31+,33?,34+,35+,36+/m1/s1. The van der Waals surface area contributed by atoms with Gasteiger partial charge in [0.15, 0.2) is 0 Å². The number of ether oxygens (including phenoxy) is 4. The predicted molar refractivity (Wildman–Crippen MR) is 232 cm³/mol. The molecule has 1 aromatic rings. The molecular weight excluding hydrogens is 839 g/mol. The third kappa shape index (κ3) is 14.5. The SMILES string of the molecule is CCCCCCCCC(I)[C@@H]1C[C@@H]2CC[C@H]3[C@@H](C(=O)OCCCCN=C(NC(=O)OC(C)(C)C)NC(=O)OC(C)(C)C)[C@@H](C)NC(=[N+]23)N1Cc1ccc(OC)cc1. The van der Waals surface area contributed by atoms with Crippen LogP contribution in [0.4, 0.5) is 9.59 Å². The van der Waals surface area contributed by atoms with E-state index >= 15 is 0 Å². The molecule has 3 heterocycles. The number of guanidine groups is 2. The molecule has 4 rings (SSSR count). The highest BCUT2D eigenvalue weighted by Gasteiger charge is 2.56. The number of hydrogen-bond acceptors (Lipinski definition) is 10. The fraction of sp³-hybridized carbons (Fsp3) is 0.744. The van der Waals surface area contributed by atoms with Gasteiger partial charge in [0.1, 0.15) is 22.9 Å². The topological polar surface area (TPSA) is 143 Å². The number of unbranched alkanes of at least 4 members (excludes halogenated alkanes) is 6. The fourth-order valence-corrected chi connectivity index (χ4v) is 9.16. The second-order valence-corrected chi connectivity index (χ2v) is 19.3. The molecule has 2 amide bonds. The number of esters is 1. The summed E-state index contributed by atoms with van der Waals surface area (Å²) in [6.45, 7) is 16.2. The Labute approximate surface area is 355 Å². The van der Waals surface area contributed by atoms with Gasteiger partial charge in [0, 0.05) is 16.9 Å². The number of benzene rings is 1. The smallest absolute Gasteiger partial charge is 0.414 e. The van der Waals surface area contributed by atoms with E-state index in [1.54, 1.807) is 48.7 Å². The summed E-state index contributed by atoms with van der Waals surface area (Å²) in [5.41, 5.74) is -0.222. The first-order chi connectivity index (χ1) is 27.0. The van der Waals surface area contributed by atoms with E-state index in [0.717, 1.165) is 37.5 Å². The van der Waals surface area contributed by atoms with Crippen LogP contribution in [0.5, 0.6) is 5.75 Å². The molecule has 0 radical (unpaired) electrons. The van der Waals surface area contributed by atoms with Crippen molar-refractivity contribution in [2.75, 3.05) is 20.3 Å². The molecule has 1 aromatic carbocycles. The highest BCUT2D eigenvalue weighted by molar-refractivity contribution is 14.1. The third-order valence-electron chi connectivity index (χ3n) is 10.6. The largest absolute Gasteiger partial charge is 0.497 e. The number of halogens is 1. The van der Waals surface area contributed by atoms with E-state index in [4.69, 9.17) is 18.9 Å². The van der Waals surface area contributed by atoms with Gasteiger partial charge in [-0.25, -0.2) is 9.59 Å². The molecule has 0 aromatic heterocycles. The summed E-state index contributed by atoms with van der Waals surface area (Å²) in [7, 11) is 1.70. The Morgan fingerprint density at radius 1 is 0.930 bits per heavy atom. The summed E-state index contributed by atoms with van der Waals surface area (Å²) in [6, 6.07) is 9.15. The number of nitrogens with zero attached hydrogens (tertiary/aromatic N) is 3. The Morgan fingerprint density at radius 3 is 2.18 bits per heavy atom. The van der Waals surface area contributed by atoms with Crippen LogP contribution in [0.1, 0.15) is 138 Å². The first-order valence-corrected chi connectivity index (χ1v) is 22.4. The number of amides is 2. The van der Waals surface area contributed by atoms with Crippen LogP contribution in [0, 0.1) is 5.92 Å². The Morgan fingerprint density at radius 2 is 1.56 bits per heavy atom. The van der Waals surface area contributed by atoms with Crippen molar-refractivity contribution in [3.8, 4) is 5.75 Å². The van der Waals surface area contributed by atoms with E-state index in [9.17, 15) is 14.4 Å². The van der Waals surface area contributed by atoms with Gasteiger partial charge in [-0.05, 0) is 98.3 Å². The Balaban J connectivity index is 1.40. The zero-order valence-corrected chi connectivity index (χ0v) is 38.1. The van der Waals surface area contributed by atoms with Crippen LogP contribution in [0.15, 0.2) is 29.3 Å². The molecule has 14 heteroatoms. The number of methoxy groups -OCH3 is 1. The van der Waals surface area contributed by atoms with Crippen molar-refractivity contribution in [2.24, 2.45) is 10.9 Å². The summed E-state index contributed by atoms with van der Waals surface area (Å²) in [5.74, 6) is 1.47. The molecule has 0 aliphatic carbocycles. The van der Waals surface area contributed by atoms with Gasteiger partial charge in [-0.2, -0.15) is 0 Å². The second-order valence-electron chi connectivity index (χ2n) is 17.7. The van der Waals surface area contributed by atoms with Gasteiger partial charge in [-0.3, -0.25) is 35.2 Å². The molecule has 3 N–H and O–H groups in total. The monoisotopic (exact) mass is 909 g/mol. The summed E-state index contributed by atoms with van der Waals surface area (Å²) < 4.78 is 25.1. The Bertz CT molecular complexity index is 1510. The zero-order chi connectivity index (χ0) is 41.8. The highest BCUT2D eigenvalue weighted by atomic mass is 127. The molecule has 0 spiro atoms. The number of alkyl carbamates (subject to hydrolysis) is 2. The van der Waals surface area contributed by atoms with Crippen LogP contribution < -0.4 is 20.7 Å². The number of aliphatic imine (C=N–C) groups is 1. The summed E-state index contributed by atoms with van der Waals surface area (Å²) in [5, 5.41) is 8.84. The van der Waals surface area contributed by atoms with Crippen LogP contribution in [0.2, 0.25) is 0 Å². The maximum absolute atomic E-state index is 13.8. The van der Waals surface area contributed by atoms with Gasteiger partial charge in [-0.1, -0.05) is 80.2 Å². The highest BCUT2D eigenvalue weighted by Crippen LogP contribution is 2.39. The Hall–Kier alpha value is -3.30. The molecule has 1 saturated heterocycles. The Kier molecular flexibility index (Phi) is 17.6. The van der Waals surface area contributed by atoms with Crippen molar-refractivity contribution in [2.45, 2.75) is 178 Å². The molecule has 57 heavy (non-hydrogen) atoms. The van der Waals surface area contributed by atoms with Gasteiger partial charge in [-0.15, -0.1) is 0 Å². The minimum absolute atomic E-state index is 0.0680. The summed E-state index contributed by atoms with van der Waals surface area (Å²) in [4.78, 5) is 45.6. The van der Waals surface area contributed by atoms with E-state index in [-0.39, 0.29) is 43.1 Å². The normalized spacial score (nSPS) is 22.1. The number of hydrogen-bond donors (Lipinski definition) is 3. The lowest BCUT2D eigenvalue weighted by Gasteiger charge is -2.44. The molecule has 320 valence electrons. The van der Waals surface area contributed by atoms with Crippen molar-refractivity contribution < 1.29 is 37.9 Å². The molecule has 13 nitrogen and oxygen atoms in total. The van der Waals surface area contributed by atoms with Crippen LogP contribution in [0.3, 0.4) is 0 Å². The van der Waals surface area contributed by atoms with Crippen molar-refractivity contribution in [1.29, 1.82) is 0 Å². The van der Waals surface area contributed by atoms with Crippen molar-refractivity contribution in [3.63, 3.8) is 0 Å². The van der Waals surface area contributed by atoms with Crippen LogP contribution in [-0.4, -0.2) is 99.1 Å². The van der Waals surface area contributed by atoms with E-state index in [1.807, 2.05) is 12.1 Å². The van der Waals surface area contributed by atoms with Gasteiger partial charge in [0.05, 0.1) is 44.4 Å². The van der Waals surface area contributed by atoms with Gasteiger partial charge in [0.2, 0.25) is 5.96 Å². The number of carbonyl (C=O) groups excluding carboxylic acids is 3. The van der Waals surface area contributed by atoms with E-state index in [0.29, 0.717) is 28.8 Å². The zero-order valence-electron chi connectivity index (χ0n) is 36.0. The van der Waals surface area contributed by atoms with E-state index < -0.39 is 23.4 Å². The van der Waals surface area contributed by atoms with Crippen molar-refractivity contribution in [3.05, 3.63) is 29.8 Å². The minimum atomic E-state index is -0.744.